The third-order valence-electron chi connectivity index (χ3n) is 6.07. The molecule has 0 bridgehead atoms. The first-order valence-electron chi connectivity index (χ1n) is 11.2. The van der Waals surface area contributed by atoms with Crippen LogP contribution >= 0.6 is 0 Å². The Morgan fingerprint density at radius 2 is 1.34 bits per heavy atom. The predicted octanol–water partition coefficient (Wildman–Crippen LogP) is 7.33. The number of para-hydroxylation sites is 2. The van der Waals surface area contributed by atoms with E-state index in [0.717, 1.165) is 29.2 Å². The highest BCUT2D eigenvalue weighted by atomic mass is 15.5. The summed E-state index contributed by atoms with van der Waals surface area (Å²) >= 11 is 0. The molecule has 0 spiro atoms. The normalized spacial score (nSPS) is 14.0. The van der Waals surface area contributed by atoms with Crippen molar-refractivity contribution in [1.82, 2.24) is 0 Å². The summed E-state index contributed by atoms with van der Waals surface area (Å²) in [5.41, 5.74) is 7.08. The maximum absolute atomic E-state index is 5.24. The van der Waals surface area contributed by atoms with Crippen LogP contribution in [0.3, 0.4) is 0 Å². The van der Waals surface area contributed by atoms with Gasteiger partial charge < -0.3 is 4.90 Å². The Bertz CT molecular complexity index is 1220. The van der Waals surface area contributed by atoms with Gasteiger partial charge in [0.05, 0.1) is 23.1 Å². The van der Waals surface area contributed by atoms with Crippen LogP contribution < -0.4 is 9.91 Å². The van der Waals surface area contributed by atoms with Gasteiger partial charge in [-0.25, -0.2) is 5.01 Å². The molecule has 0 aliphatic carbocycles. The number of aryl methyl sites for hydroxylation is 1. The van der Waals surface area contributed by atoms with Crippen LogP contribution in [0.1, 0.15) is 36.6 Å². The Morgan fingerprint density at radius 3 is 2.00 bits per heavy atom. The van der Waals surface area contributed by atoms with E-state index in [9.17, 15) is 0 Å². The summed E-state index contributed by atoms with van der Waals surface area (Å²) in [6.45, 7) is 4.49. The van der Waals surface area contributed by atoms with Crippen LogP contribution in [0.2, 0.25) is 0 Å². The number of fused-ring (bicyclic) bond motifs is 1. The van der Waals surface area contributed by atoms with Crippen molar-refractivity contribution in [2.45, 2.75) is 26.3 Å². The van der Waals surface area contributed by atoms with Crippen LogP contribution in [0.15, 0.2) is 114 Å². The molecule has 3 heteroatoms. The van der Waals surface area contributed by atoms with Crippen molar-refractivity contribution in [3.8, 4) is 0 Å². The molecule has 0 radical (unpaired) electrons. The standard InChI is InChI=1S/C29H27N3/c1-3-23-18-13-21-27-28(23)31(22(2)24-14-7-4-8-15-24)29(25-16-9-5-10-17-25)30-32(27)26-19-11-6-12-20-26/h4-22H,3H2,1-2H3. The molecule has 0 fully saturated rings. The Morgan fingerprint density at radius 1 is 0.719 bits per heavy atom. The number of nitrogens with zero attached hydrogens (tertiary/aromatic N) is 3. The molecule has 0 N–H and O–H groups in total. The largest absolute Gasteiger partial charge is 0.315 e. The lowest BCUT2D eigenvalue weighted by molar-refractivity contribution is 0.772. The third kappa shape index (κ3) is 3.56. The summed E-state index contributed by atoms with van der Waals surface area (Å²) in [7, 11) is 0. The summed E-state index contributed by atoms with van der Waals surface area (Å²) in [6, 6.07) is 38.3. The van der Waals surface area contributed by atoms with Crippen molar-refractivity contribution in [3.05, 3.63) is 126 Å². The molecule has 0 saturated carbocycles. The fraction of sp³-hybridized carbons (Fsp3) is 0.138. The Labute approximate surface area is 190 Å². The van der Waals surface area contributed by atoms with Gasteiger partial charge >= 0.3 is 0 Å². The summed E-state index contributed by atoms with van der Waals surface area (Å²) in [4.78, 5) is 2.41. The van der Waals surface area contributed by atoms with E-state index in [-0.39, 0.29) is 6.04 Å². The Hall–Kier alpha value is -3.85. The van der Waals surface area contributed by atoms with Crippen molar-refractivity contribution >= 4 is 22.9 Å². The molecular weight excluding hydrogens is 390 g/mol. The minimum Gasteiger partial charge on any atom is -0.315 e. The van der Waals surface area contributed by atoms with E-state index in [2.05, 4.69) is 127 Å². The fourth-order valence-corrected chi connectivity index (χ4v) is 4.42. The van der Waals surface area contributed by atoms with Gasteiger partial charge in [-0.05, 0) is 42.7 Å². The van der Waals surface area contributed by atoms with Gasteiger partial charge in [0, 0.05) is 5.56 Å². The molecule has 1 unspecified atom stereocenters. The van der Waals surface area contributed by atoms with Gasteiger partial charge in [0.2, 0.25) is 0 Å². The second kappa shape index (κ2) is 8.72. The minimum atomic E-state index is 0.125. The highest BCUT2D eigenvalue weighted by Crippen LogP contribution is 2.45. The zero-order valence-electron chi connectivity index (χ0n) is 18.5. The van der Waals surface area contributed by atoms with Crippen molar-refractivity contribution < 1.29 is 0 Å². The van der Waals surface area contributed by atoms with Gasteiger partial charge in [-0.15, -0.1) is 5.10 Å². The fourth-order valence-electron chi connectivity index (χ4n) is 4.42. The quantitative estimate of drug-likeness (QED) is 0.338. The number of benzene rings is 4. The van der Waals surface area contributed by atoms with Crippen LogP contribution in [0.25, 0.3) is 0 Å². The van der Waals surface area contributed by atoms with E-state index in [1.54, 1.807) is 0 Å². The van der Waals surface area contributed by atoms with Crippen molar-refractivity contribution in [2.75, 3.05) is 9.91 Å². The highest BCUT2D eigenvalue weighted by Gasteiger charge is 2.33. The first kappa shape index (κ1) is 20.1. The van der Waals surface area contributed by atoms with Crippen LogP contribution in [-0.4, -0.2) is 5.84 Å². The maximum atomic E-state index is 5.24. The smallest absolute Gasteiger partial charge is 0.161 e. The molecule has 158 valence electrons. The monoisotopic (exact) mass is 417 g/mol. The van der Waals surface area contributed by atoms with E-state index in [4.69, 9.17) is 5.10 Å². The summed E-state index contributed by atoms with van der Waals surface area (Å²) in [6.07, 6.45) is 0.950. The van der Waals surface area contributed by atoms with Crippen LogP contribution in [0.4, 0.5) is 17.1 Å². The SMILES string of the molecule is CCc1cccc2c1N(C(C)c1ccccc1)C(c1ccccc1)=NN2c1ccccc1. The lowest BCUT2D eigenvalue weighted by atomic mass is 9.99. The van der Waals surface area contributed by atoms with Gasteiger partial charge in [-0.1, -0.05) is 97.9 Å². The summed E-state index contributed by atoms with van der Waals surface area (Å²) in [5.74, 6) is 0.958. The molecule has 1 aliphatic heterocycles. The molecule has 0 aromatic heterocycles. The lowest BCUT2D eigenvalue weighted by Crippen LogP contribution is -2.40. The summed E-state index contributed by atoms with van der Waals surface area (Å²) in [5, 5.41) is 7.33. The minimum absolute atomic E-state index is 0.125. The second-order valence-electron chi connectivity index (χ2n) is 8.03. The second-order valence-corrected chi connectivity index (χ2v) is 8.03. The molecule has 1 aliphatic rings. The number of rotatable bonds is 5. The maximum Gasteiger partial charge on any atom is 0.161 e. The molecule has 0 saturated heterocycles. The number of hydrazone groups is 1. The van der Waals surface area contributed by atoms with Gasteiger partial charge in [-0.3, -0.25) is 0 Å². The van der Waals surface area contributed by atoms with Crippen LogP contribution in [0, 0.1) is 0 Å². The molecular formula is C29H27N3. The molecule has 32 heavy (non-hydrogen) atoms. The van der Waals surface area contributed by atoms with Crippen LogP contribution in [0.5, 0.6) is 0 Å². The molecule has 4 aromatic rings. The zero-order chi connectivity index (χ0) is 21.9. The molecule has 5 rings (SSSR count). The first-order chi connectivity index (χ1) is 15.8. The number of hydrogen-bond donors (Lipinski definition) is 0. The van der Waals surface area contributed by atoms with Crippen molar-refractivity contribution in [3.63, 3.8) is 0 Å². The van der Waals surface area contributed by atoms with Crippen molar-refractivity contribution in [1.29, 1.82) is 0 Å². The number of hydrogen-bond acceptors (Lipinski definition) is 3. The molecule has 1 atom stereocenters. The molecule has 0 amide bonds. The first-order valence-corrected chi connectivity index (χ1v) is 11.2. The average molecular weight is 418 g/mol. The predicted molar refractivity (Wildman–Crippen MR) is 135 cm³/mol. The van der Waals surface area contributed by atoms with Gasteiger partial charge in [0.1, 0.15) is 0 Å². The highest BCUT2D eigenvalue weighted by molar-refractivity contribution is 6.15. The third-order valence-corrected chi connectivity index (χ3v) is 6.07. The Kier molecular flexibility index (Phi) is 5.47. The zero-order valence-corrected chi connectivity index (χ0v) is 18.5. The number of amidine groups is 1. The van der Waals surface area contributed by atoms with E-state index < -0.39 is 0 Å². The molecule has 3 nitrogen and oxygen atoms in total. The number of anilines is 3. The van der Waals surface area contributed by atoms with Crippen molar-refractivity contribution in [2.24, 2.45) is 5.10 Å². The van der Waals surface area contributed by atoms with Gasteiger partial charge in [0.15, 0.2) is 5.84 Å². The van der Waals surface area contributed by atoms with E-state index >= 15 is 0 Å². The molecule has 1 heterocycles. The topological polar surface area (TPSA) is 18.8 Å². The molecule has 4 aromatic carbocycles. The van der Waals surface area contributed by atoms with E-state index in [1.165, 1.54) is 16.8 Å². The van der Waals surface area contributed by atoms with Gasteiger partial charge in [-0.2, -0.15) is 0 Å². The Balaban J connectivity index is 1.78. The average Bonchev–Trinajstić information content (AvgIpc) is 2.88. The van der Waals surface area contributed by atoms with E-state index in [0.29, 0.717) is 0 Å². The lowest BCUT2D eigenvalue weighted by Gasteiger charge is -2.41. The van der Waals surface area contributed by atoms with Gasteiger partial charge in [0.25, 0.3) is 0 Å². The van der Waals surface area contributed by atoms with E-state index in [1.807, 2.05) is 6.07 Å². The van der Waals surface area contributed by atoms with Crippen LogP contribution in [-0.2, 0) is 6.42 Å². The summed E-state index contributed by atoms with van der Waals surface area (Å²) < 4.78 is 0.